The van der Waals surface area contributed by atoms with E-state index in [2.05, 4.69) is 15.7 Å². The number of allylic oxidation sites excluding steroid dienone is 1. The quantitative estimate of drug-likeness (QED) is 0.784. The molecule has 0 aromatic carbocycles. The first-order chi connectivity index (χ1) is 7.29. The zero-order valence-corrected chi connectivity index (χ0v) is 9.89. The number of hydrogen-bond acceptors (Lipinski definition) is 4. The molecule has 1 heterocycles. The minimum Gasteiger partial charge on any atom is -0.320 e. The van der Waals surface area contributed by atoms with E-state index in [4.69, 9.17) is 5.73 Å². The molecule has 2 N–H and O–H groups in total. The highest BCUT2D eigenvalue weighted by Gasteiger charge is 2.17. The Morgan fingerprint density at radius 2 is 2.27 bits per heavy atom. The van der Waals surface area contributed by atoms with Gasteiger partial charge in [-0.1, -0.05) is 22.6 Å². The van der Waals surface area contributed by atoms with Gasteiger partial charge in [-0.05, 0) is 44.1 Å². The van der Waals surface area contributed by atoms with E-state index < -0.39 is 0 Å². The second kappa shape index (κ2) is 4.86. The van der Waals surface area contributed by atoms with Crippen molar-refractivity contribution in [2.45, 2.75) is 45.1 Å². The van der Waals surface area contributed by atoms with Crippen LogP contribution in [0.3, 0.4) is 0 Å². The van der Waals surface area contributed by atoms with Crippen LogP contribution in [0.2, 0.25) is 0 Å². The number of aromatic nitrogens is 2. The Morgan fingerprint density at radius 1 is 1.40 bits per heavy atom. The Bertz CT molecular complexity index is 356. The molecule has 1 aromatic rings. The van der Waals surface area contributed by atoms with Crippen molar-refractivity contribution in [3.63, 3.8) is 0 Å². The lowest BCUT2D eigenvalue weighted by Gasteiger charge is -2.13. The molecule has 0 saturated carbocycles. The molecule has 3 nitrogen and oxygen atoms in total. The topological polar surface area (TPSA) is 51.8 Å². The highest BCUT2D eigenvalue weighted by molar-refractivity contribution is 7.05. The van der Waals surface area contributed by atoms with Gasteiger partial charge in [0.25, 0.3) is 0 Å². The first-order valence-electron chi connectivity index (χ1n) is 5.52. The van der Waals surface area contributed by atoms with Gasteiger partial charge in [-0.3, -0.25) is 0 Å². The van der Waals surface area contributed by atoms with Crippen molar-refractivity contribution in [2.75, 3.05) is 0 Å². The van der Waals surface area contributed by atoms with Crippen LogP contribution in [0.5, 0.6) is 0 Å². The van der Waals surface area contributed by atoms with Crippen LogP contribution in [0.25, 0.3) is 0 Å². The molecule has 0 spiro atoms. The molecule has 0 amide bonds. The summed E-state index contributed by atoms with van der Waals surface area (Å²) in [6.45, 7) is 1.98. The SMILES string of the molecule is Cc1nnsc1C(N)C1=CCCCCC1. The van der Waals surface area contributed by atoms with Gasteiger partial charge in [0.2, 0.25) is 0 Å². The zero-order chi connectivity index (χ0) is 10.7. The molecule has 1 aliphatic carbocycles. The average Bonchev–Trinajstić information content (AvgIpc) is 2.53. The minimum atomic E-state index is 0.0306. The molecular weight excluding hydrogens is 206 g/mol. The molecular formula is C11H17N3S. The van der Waals surface area contributed by atoms with Crippen LogP contribution in [-0.2, 0) is 0 Å². The number of nitrogens with two attached hydrogens (primary N) is 1. The third-order valence-corrected chi connectivity index (χ3v) is 3.85. The highest BCUT2D eigenvalue weighted by atomic mass is 32.1. The molecule has 1 aliphatic rings. The van der Waals surface area contributed by atoms with E-state index in [-0.39, 0.29) is 6.04 Å². The molecule has 1 atom stereocenters. The minimum absolute atomic E-state index is 0.0306. The van der Waals surface area contributed by atoms with Gasteiger partial charge in [-0.15, -0.1) is 5.10 Å². The van der Waals surface area contributed by atoms with Crippen LogP contribution in [-0.4, -0.2) is 9.59 Å². The molecule has 4 heteroatoms. The lowest BCUT2D eigenvalue weighted by molar-refractivity contribution is 0.689. The van der Waals surface area contributed by atoms with Gasteiger partial charge in [0, 0.05) is 0 Å². The molecule has 82 valence electrons. The molecule has 0 bridgehead atoms. The molecule has 0 fully saturated rings. The summed E-state index contributed by atoms with van der Waals surface area (Å²) in [6, 6.07) is 0.0306. The van der Waals surface area contributed by atoms with Crippen molar-refractivity contribution in [1.82, 2.24) is 9.59 Å². The van der Waals surface area contributed by atoms with Gasteiger partial charge in [-0.25, -0.2) is 0 Å². The van der Waals surface area contributed by atoms with Gasteiger partial charge in [0.1, 0.15) is 0 Å². The van der Waals surface area contributed by atoms with E-state index in [0.717, 1.165) is 17.0 Å². The second-order valence-corrected chi connectivity index (χ2v) is 4.86. The second-order valence-electron chi connectivity index (χ2n) is 4.08. The highest BCUT2D eigenvalue weighted by Crippen LogP contribution is 2.29. The molecule has 1 unspecified atom stereocenters. The fraction of sp³-hybridized carbons (Fsp3) is 0.636. The van der Waals surface area contributed by atoms with E-state index in [0.29, 0.717) is 0 Å². The van der Waals surface area contributed by atoms with E-state index >= 15 is 0 Å². The van der Waals surface area contributed by atoms with Crippen molar-refractivity contribution in [3.8, 4) is 0 Å². The third kappa shape index (κ3) is 2.44. The summed E-state index contributed by atoms with van der Waals surface area (Å²) < 4.78 is 3.95. The van der Waals surface area contributed by atoms with Gasteiger partial charge < -0.3 is 5.73 Å². The summed E-state index contributed by atoms with van der Waals surface area (Å²) in [6.07, 6.45) is 8.53. The fourth-order valence-corrected chi connectivity index (χ4v) is 2.70. The molecule has 1 aromatic heterocycles. The molecule has 15 heavy (non-hydrogen) atoms. The smallest absolute Gasteiger partial charge is 0.0776 e. The Morgan fingerprint density at radius 3 is 3.00 bits per heavy atom. The Hall–Kier alpha value is -0.740. The van der Waals surface area contributed by atoms with Crippen LogP contribution in [0, 0.1) is 6.92 Å². The summed E-state index contributed by atoms with van der Waals surface area (Å²) in [5, 5.41) is 4.02. The Balaban J connectivity index is 2.16. The van der Waals surface area contributed by atoms with Gasteiger partial charge in [0.15, 0.2) is 0 Å². The summed E-state index contributed by atoms with van der Waals surface area (Å²) in [4.78, 5) is 1.13. The maximum Gasteiger partial charge on any atom is 0.0776 e. The molecule has 0 aliphatic heterocycles. The van der Waals surface area contributed by atoms with E-state index in [1.807, 2.05) is 6.92 Å². The predicted molar refractivity (Wildman–Crippen MR) is 62.7 cm³/mol. The zero-order valence-electron chi connectivity index (χ0n) is 9.07. The van der Waals surface area contributed by atoms with E-state index in [9.17, 15) is 0 Å². The summed E-state index contributed by atoms with van der Waals surface area (Å²) >= 11 is 1.43. The number of aryl methyl sites for hydroxylation is 1. The first-order valence-corrected chi connectivity index (χ1v) is 6.29. The normalized spacial score (nSPS) is 19.5. The maximum absolute atomic E-state index is 6.25. The average molecular weight is 223 g/mol. The number of nitrogens with zero attached hydrogens (tertiary/aromatic N) is 2. The van der Waals surface area contributed by atoms with Crippen LogP contribution < -0.4 is 5.73 Å². The van der Waals surface area contributed by atoms with Crippen LogP contribution in [0.1, 0.15) is 48.7 Å². The van der Waals surface area contributed by atoms with Crippen molar-refractivity contribution in [2.24, 2.45) is 5.73 Å². The summed E-state index contributed by atoms with van der Waals surface area (Å²) in [7, 11) is 0. The molecule has 0 saturated heterocycles. The lowest BCUT2D eigenvalue weighted by atomic mass is 10.0. The lowest BCUT2D eigenvalue weighted by Crippen LogP contribution is -2.13. The number of hydrogen-bond donors (Lipinski definition) is 1. The van der Waals surface area contributed by atoms with Gasteiger partial charge in [-0.2, -0.15) is 0 Å². The van der Waals surface area contributed by atoms with Crippen molar-refractivity contribution < 1.29 is 0 Å². The van der Waals surface area contributed by atoms with E-state index in [1.54, 1.807) is 0 Å². The summed E-state index contributed by atoms with van der Waals surface area (Å²) in [5.74, 6) is 0. The fourth-order valence-electron chi connectivity index (χ4n) is 2.01. The monoisotopic (exact) mass is 223 g/mol. The maximum atomic E-state index is 6.25. The largest absolute Gasteiger partial charge is 0.320 e. The Kier molecular flexibility index (Phi) is 3.49. The predicted octanol–water partition coefficient (Wildman–Crippen LogP) is 2.74. The van der Waals surface area contributed by atoms with Crippen molar-refractivity contribution in [1.29, 1.82) is 0 Å². The third-order valence-electron chi connectivity index (χ3n) is 2.94. The van der Waals surface area contributed by atoms with Crippen LogP contribution in [0.15, 0.2) is 11.6 Å². The van der Waals surface area contributed by atoms with Gasteiger partial charge >= 0.3 is 0 Å². The standard InChI is InChI=1S/C11H17N3S/c1-8-11(15-14-13-8)10(12)9-6-4-2-3-5-7-9/h6,10H,2-5,7,12H2,1H3. The van der Waals surface area contributed by atoms with Crippen molar-refractivity contribution >= 4 is 11.5 Å². The van der Waals surface area contributed by atoms with E-state index in [1.165, 1.54) is 42.8 Å². The van der Waals surface area contributed by atoms with Gasteiger partial charge in [0.05, 0.1) is 16.6 Å². The Labute approximate surface area is 94.5 Å². The molecule has 0 radical (unpaired) electrons. The number of rotatable bonds is 2. The van der Waals surface area contributed by atoms with Crippen LogP contribution in [0.4, 0.5) is 0 Å². The van der Waals surface area contributed by atoms with Crippen LogP contribution >= 0.6 is 11.5 Å². The molecule has 2 rings (SSSR count). The first kappa shape index (κ1) is 10.8. The van der Waals surface area contributed by atoms with Crippen molar-refractivity contribution in [3.05, 3.63) is 22.2 Å². The summed E-state index contributed by atoms with van der Waals surface area (Å²) in [5.41, 5.74) is 8.61.